The first kappa shape index (κ1) is 13.0. The summed E-state index contributed by atoms with van der Waals surface area (Å²) in [4.78, 5) is 0. The lowest BCUT2D eigenvalue weighted by atomic mass is 9.88. The van der Waals surface area contributed by atoms with E-state index in [1.165, 1.54) is 44.1 Å². The Labute approximate surface area is 116 Å². The average molecular weight is 259 g/mol. The Hall–Kier alpha value is -1.02. The zero-order valence-corrected chi connectivity index (χ0v) is 11.9. The molecule has 3 atom stereocenters. The van der Waals surface area contributed by atoms with Crippen LogP contribution in [0.3, 0.4) is 0 Å². The van der Waals surface area contributed by atoms with E-state index >= 15 is 0 Å². The quantitative estimate of drug-likeness (QED) is 0.838. The van der Waals surface area contributed by atoms with Gasteiger partial charge in [0.15, 0.2) is 0 Å². The van der Waals surface area contributed by atoms with Crippen LogP contribution < -0.4 is 10.1 Å². The van der Waals surface area contributed by atoms with Gasteiger partial charge in [-0.05, 0) is 43.9 Å². The summed E-state index contributed by atoms with van der Waals surface area (Å²) in [6, 6.07) is 9.20. The van der Waals surface area contributed by atoms with Crippen molar-refractivity contribution in [1.82, 2.24) is 5.32 Å². The zero-order valence-electron chi connectivity index (χ0n) is 11.9. The van der Waals surface area contributed by atoms with Crippen LogP contribution in [-0.2, 0) is 6.42 Å². The second-order valence-corrected chi connectivity index (χ2v) is 6.08. The second kappa shape index (κ2) is 5.96. The van der Waals surface area contributed by atoms with Crippen LogP contribution in [0, 0.1) is 5.92 Å². The first-order valence-corrected chi connectivity index (χ1v) is 7.78. The third kappa shape index (κ3) is 2.94. The highest BCUT2D eigenvalue weighted by molar-refractivity contribution is 5.37. The van der Waals surface area contributed by atoms with E-state index < -0.39 is 0 Å². The van der Waals surface area contributed by atoms with E-state index in [0.29, 0.717) is 12.1 Å². The first-order valence-electron chi connectivity index (χ1n) is 7.78. The van der Waals surface area contributed by atoms with Gasteiger partial charge < -0.3 is 10.1 Å². The van der Waals surface area contributed by atoms with Crippen molar-refractivity contribution < 1.29 is 4.74 Å². The summed E-state index contributed by atoms with van der Waals surface area (Å²) in [5, 5.41) is 3.53. The van der Waals surface area contributed by atoms with E-state index in [1.807, 2.05) is 0 Å². The maximum Gasteiger partial charge on any atom is 0.123 e. The van der Waals surface area contributed by atoms with Gasteiger partial charge in [0.25, 0.3) is 0 Å². The number of ether oxygens (including phenoxy) is 1. The number of para-hydroxylation sites is 1. The molecule has 2 aliphatic rings. The molecule has 1 aliphatic carbocycles. The van der Waals surface area contributed by atoms with Gasteiger partial charge in [0.2, 0.25) is 0 Å². The molecule has 0 amide bonds. The molecular formula is C17H25NO. The molecule has 2 heteroatoms. The van der Waals surface area contributed by atoms with Gasteiger partial charge in [-0.15, -0.1) is 0 Å². The molecule has 3 rings (SSSR count). The van der Waals surface area contributed by atoms with Crippen molar-refractivity contribution in [3.05, 3.63) is 29.8 Å². The lowest BCUT2D eigenvalue weighted by Gasteiger charge is -2.27. The normalized spacial score (nSPS) is 30.5. The third-order valence-electron chi connectivity index (χ3n) is 4.81. The molecule has 1 aromatic rings. The smallest absolute Gasteiger partial charge is 0.123 e. The maximum absolute atomic E-state index is 6.12. The molecule has 1 N–H and O–H groups in total. The van der Waals surface area contributed by atoms with Crippen LogP contribution in [0.1, 0.15) is 44.1 Å². The Kier molecular flexibility index (Phi) is 4.07. The lowest BCUT2D eigenvalue weighted by molar-refractivity contribution is 0.172. The zero-order chi connectivity index (χ0) is 13.1. The Morgan fingerprint density at radius 3 is 2.84 bits per heavy atom. The van der Waals surface area contributed by atoms with Gasteiger partial charge in [-0.3, -0.25) is 0 Å². The number of hydrogen-bond acceptors (Lipinski definition) is 2. The summed E-state index contributed by atoms with van der Waals surface area (Å²) in [5.41, 5.74) is 1.39. The summed E-state index contributed by atoms with van der Waals surface area (Å²) >= 11 is 0. The highest BCUT2D eigenvalue weighted by atomic mass is 16.5. The summed E-state index contributed by atoms with van der Waals surface area (Å²) in [6.45, 7) is 0. The van der Waals surface area contributed by atoms with Crippen molar-refractivity contribution >= 4 is 0 Å². The third-order valence-corrected chi connectivity index (χ3v) is 4.81. The molecule has 1 saturated carbocycles. The summed E-state index contributed by atoms with van der Waals surface area (Å²) < 4.78 is 6.12. The lowest BCUT2D eigenvalue weighted by Crippen LogP contribution is -2.35. The molecule has 0 radical (unpaired) electrons. The Morgan fingerprint density at radius 2 is 2.00 bits per heavy atom. The largest absolute Gasteiger partial charge is 0.490 e. The minimum absolute atomic E-state index is 0.399. The van der Waals surface area contributed by atoms with Crippen LogP contribution in [0.5, 0.6) is 5.75 Å². The molecular weight excluding hydrogens is 234 g/mol. The molecule has 1 fully saturated rings. The van der Waals surface area contributed by atoms with Crippen LogP contribution in [0.15, 0.2) is 24.3 Å². The average Bonchev–Trinajstić information content (AvgIpc) is 2.70. The molecule has 2 nitrogen and oxygen atoms in total. The standard InChI is InChI=1S/C17H25NO/c1-18-16-9-4-2-3-7-13(16)11-15-12-14-8-5-6-10-17(14)19-15/h5-6,8,10,13,15-16,18H,2-4,7,9,11-12H2,1H3. The molecule has 1 heterocycles. The highest BCUT2D eigenvalue weighted by Crippen LogP contribution is 2.34. The van der Waals surface area contributed by atoms with Crippen LogP contribution in [0.4, 0.5) is 0 Å². The molecule has 0 aromatic heterocycles. The summed E-state index contributed by atoms with van der Waals surface area (Å²) in [6.07, 6.45) is 9.58. The van der Waals surface area contributed by atoms with E-state index in [-0.39, 0.29) is 0 Å². The van der Waals surface area contributed by atoms with E-state index in [2.05, 4.69) is 36.6 Å². The van der Waals surface area contributed by atoms with Gasteiger partial charge in [0.05, 0.1) is 0 Å². The van der Waals surface area contributed by atoms with Crippen LogP contribution in [0.25, 0.3) is 0 Å². The van der Waals surface area contributed by atoms with E-state index in [4.69, 9.17) is 4.74 Å². The SMILES string of the molecule is CNC1CCCCCC1CC1Cc2ccccc2O1. The van der Waals surface area contributed by atoms with Crippen LogP contribution in [0.2, 0.25) is 0 Å². The molecule has 3 unspecified atom stereocenters. The van der Waals surface area contributed by atoms with E-state index in [0.717, 1.165) is 18.1 Å². The topological polar surface area (TPSA) is 21.3 Å². The molecule has 0 spiro atoms. The van der Waals surface area contributed by atoms with E-state index in [9.17, 15) is 0 Å². The van der Waals surface area contributed by atoms with Crippen molar-refractivity contribution in [2.24, 2.45) is 5.92 Å². The fraction of sp³-hybridized carbons (Fsp3) is 0.647. The number of fused-ring (bicyclic) bond motifs is 1. The van der Waals surface area contributed by atoms with Crippen LogP contribution >= 0.6 is 0 Å². The Morgan fingerprint density at radius 1 is 1.16 bits per heavy atom. The fourth-order valence-electron chi connectivity index (χ4n) is 3.77. The van der Waals surface area contributed by atoms with Crippen molar-refractivity contribution in [3.63, 3.8) is 0 Å². The predicted molar refractivity (Wildman–Crippen MR) is 78.6 cm³/mol. The van der Waals surface area contributed by atoms with Gasteiger partial charge in [-0.2, -0.15) is 0 Å². The maximum atomic E-state index is 6.12. The van der Waals surface area contributed by atoms with E-state index in [1.54, 1.807) is 0 Å². The number of rotatable bonds is 3. The van der Waals surface area contributed by atoms with Crippen molar-refractivity contribution in [2.45, 2.75) is 57.1 Å². The number of nitrogens with one attached hydrogen (secondary N) is 1. The fourth-order valence-corrected chi connectivity index (χ4v) is 3.77. The van der Waals surface area contributed by atoms with Gasteiger partial charge in [-0.1, -0.05) is 37.5 Å². The minimum atomic E-state index is 0.399. The summed E-state index contributed by atoms with van der Waals surface area (Å²) in [5.74, 6) is 1.90. The van der Waals surface area contributed by atoms with Gasteiger partial charge in [0.1, 0.15) is 11.9 Å². The molecule has 1 aromatic carbocycles. The van der Waals surface area contributed by atoms with Crippen molar-refractivity contribution in [1.29, 1.82) is 0 Å². The Balaban J connectivity index is 1.62. The van der Waals surface area contributed by atoms with Crippen molar-refractivity contribution in [2.75, 3.05) is 7.05 Å². The first-order chi connectivity index (χ1) is 9.36. The van der Waals surface area contributed by atoms with Crippen molar-refractivity contribution in [3.8, 4) is 5.75 Å². The molecule has 0 saturated heterocycles. The van der Waals surface area contributed by atoms with Gasteiger partial charge in [-0.25, -0.2) is 0 Å². The number of hydrogen-bond donors (Lipinski definition) is 1. The number of benzene rings is 1. The van der Waals surface area contributed by atoms with Gasteiger partial charge >= 0.3 is 0 Å². The minimum Gasteiger partial charge on any atom is -0.490 e. The monoisotopic (exact) mass is 259 g/mol. The molecule has 1 aliphatic heterocycles. The Bertz CT molecular complexity index is 392. The second-order valence-electron chi connectivity index (χ2n) is 6.08. The molecule has 0 bridgehead atoms. The predicted octanol–water partition coefficient (Wildman–Crippen LogP) is 3.55. The molecule has 104 valence electrons. The van der Waals surface area contributed by atoms with Gasteiger partial charge in [0, 0.05) is 12.5 Å². The molecule has 19 heavy (non-hydrogen) atoms. The highest BCUT2D eigenvalue weighted by Gasteiger charge is 2.29. The van der Waals surface area contributed by atoms with Crippen LogP contribution in [-0.4, -0.2) is 19.2 Å². The summed E-state index contributed by atoms with van der Waals surface area (Å²) in [7, 11) is 2.12.